The van der Waals surface area contributed by atoms with E-state index in [2.05, 4.69) is 0 Å². The molecule has 0 spiro atoms. The minimum atomic E-state index is 0.486. The molecule has 1 rings (SSSR count). The zero-order valence-corrected chi connectivity index (χ0v) is 4.20. The predicted octanol–water partition coefficient (Wildman–Crippen LogP) is 0.787. The highest BCUT2D eigenvalue weighted by molar-refractivity contribution is 8.00. The molecule has 0 aromatic heterocycles. The third kappa shape index (κ3) is 1.19. The summed E-state index contributed by atoms with van der Waals surface area (Å²) >= 11 is 1.35. The Kier molecular flexibility index (Phi) is 1.37. The zero-order valence-electron chi connectivity index (χ0n) is 3.39. The van der Waals surface area contributed by atoms with Crippen LogP contribution >= 0.6 is 11.8 Å². The van der Waals surface area contributed by atoms with Gasteiger partial charge >= 0.3 is 0 Å². The van der Waals surface area contributed by atoms with Crippen molar-refractivity contribution in [3.8, 4) is 0 Å². The minimum Gasteiger partial charge on any atom is -0.372 e. The van der Waals surface area contributed by atoms with Crippen molar-refractivity contribution in [3.05, 3.63) is 6.26 Å². The summed E-state index contributed by atoms with van der Waals surface area (Å²) in [6, 6.07) is 0. The first-order valence-electron chi connectivity index (χ1n) is 1.87. The molecule has 0 aliphatic carbocycles. The maximum Gasteiger partial charge on any atom is 0.0900 e. The fraction of sp³-hybridized carbons (Fsp3) is 0.750. The molecule has 0 N–H and O–H groups in total. The van der Waals surface area contributed by atoms with E-state index in [0.717, 1.165) is 12.4 Å². The molecule has 1 heterocycles. The first kappa shape index (κ1) is 4.47. The molecule has 1 aliphatic rings. The zero-order chi connectivity index (χ0) is 4.41. The van der Waals surface area contributed by atoms with Crippen LogP contribution in [0.3, 0.4) is 0 Å². The fourth-order valence-corrected chi connectivity index (χ4v) is 0.679. The number of epoxide rings is 1. The van der Waals surface area contributed by atoms with Crippen LogP contribution < -0.4 is 0 Å². The van der Waals surface area contributed by atoms with Crippen LogP contribution in [0.5, 0.6) is 0 Å². The molecule has 0 bridgehead atoms. The highest BCUT2D eigenvalue weighted by atomic mass is 32.2. The van der Waals surface area contributed by atoms with Gasteiger partial charge in [-0.05, 0) is 0 Å². The van der Waals surface area contributed by atoms with Gasteiger partial charge in [-0.25, -0.2) is 0 Å². The second kappa shape index (κ2) is 1.85. The topological polar surface area (TPSA) is 12.5 Å². The van der Waals surface area contributed by atoms with Crippen molar-refractivity contribution in [3.63, 3.8) is 0 Å². The third-order valence-corrected chi connectivity index (χ3v) is 1.25. The summed E-state index contributed by atoms with van der Waals surface area (Å²) in [5.74, 6) is 0.958. The van der Waals surface area contributed by atoms with E-state index < -0.39 is 0 Å². The van der Waals surface area contributed by atoms with Gasteiger partial charge < -0.3 is 4.74 Å². The molecule has 2 radical (unpaired) electrons. The molecular weight excluding hydrogens is 96.1 g/mol. The van der Waals surface area contributed by atoms with Gasteiger partial charge in [-0.3, -0.25) is 0 Å². The van der Waals surface area contributed by atoms with Crippen molar-refractivity contribution in [2.75, 3.05) is 12.4 Å². The lowest BCUT2D eigenvalue weighted by Gasteiger charge is -1.79. The lowest BCUT2D eigenvalue weighted by atomic mass is 10.6. The summed E-state index contributed by atoms with van der Waals surface area (Å²) in [6.45, 7) is 0.921. The summed E-state index contributed by atoms with van der Waals surface area (Å²) in [5.41, 5.74) is 0. The Morgan fingerprint density at radius 2 is 2.67 bits per heavy atom. The van der Waals surface area contributed by atoms with E-state index in [1.807, 2.05) is 0 Å². The molecule has 0 amide bonds. The first-order chi connectivity index (χ1) is 2.93. The van der Waals surface area contributed by atoms with Gasteiger partial charge in [0.25, 0.3) is 0 Å². The average Bonchev–Trinajstić information content (AvgIpc) is 2.21. The molecule has 2 heteroatoms. The normalized spacial score (nSPS) is 30.5. The second-order valence-electron chi connectivity index (χ2n) is 1.29. The number of ether oxygens (including phenoxy) is 1. The largest absolute Gasteiger partial charge is 0.372 e. The van der Waals surface area contributed by atoms with Crippen LogP contribution in [0.15, 0.2) is 0 Å². The number of hydrogen-bond acceptors (Lipinski definition) is 2. The Bertz CT molecular complexity index is 42.8. The van der Waals surface area contributed by atoms with Crippen molar-refractivity contribution in [2.24, 2.45) is 0 Å². The van der Waals surface area contributed by atoms with E-state index >= 15 is 0 Å². The Labute approximate surface area is 42.1 Å². The number of hydrogen-bond donors (Lipinski definition) is 0. The average molecular weight is 102 g/mol. The van der Waals surface area contributed by atoms with Crippen LogP contribution in [-0.4, -0.2) is 18.5 Å². The van der Waals surface area contributed by atoms with Gasteiger partial charge in [-0.15, -0.1) is 0 Å². The van der Waals surface area contributed by atoms with E-state index in [1.165, 1.54) is 11.8 Å². The minimum absolute atomic E-state index is 0.486. The lowest BCUT2D eigenvalue weighted by Crippen LogP contribution is -1.84. The van der Waals surface area contributed by atoms with Gasteiger partial charge in [0, 0.05) is 12.0 Å². The smallest absolute Gasteiger partial charge is 0.0900 e. The molecule has 1 nitrogen and oxygen atoms in total. The van der Waals surface area contributed by atoms with Gasteiger partial charge in [0.15, 0.2) is 0 Å². The first-order valence-corrected chi connectivity index (χ1v) is 2.91. The maximum atomic E-state index is 5.11. The van der Waals surface area contributed by atoms with E-state index in [0.29, 0.717) is 6.10 Å². The number of thioether (sulfide) groups is 1. The third-order valence-electron chi connectivity index (χ3n) is 0.684. The summed E-state index contributed by atoms with van der Waals surface area (Å²) in [7, 11) is 0. The van der Waals surface area contributed by atoms with Crippen LogP contribution in [0.25, 0.3) is 0 Å². The Morgan fingerprint density at radius 1 is 2.00 bits per heavy atom. The fourth-order valence-electron chi connectivity index (χ4n) is 0.272. The summed E-state index contributed by atoms with van der Waals surface area (Å²) in [6.07, 6.45) is 5.59. The van der Waals surface area contributed by atoms with Crippen molar-refractivity contribution in [1.82, 2.24) is 0 Å². The second-order valence-corrected chi connectivity index (χ2v) is 1.96. The van der Waals surface area contributed by atoms with Crippen molar-refractivity contribution in [1.29, 1.82) is 0 Å². The molecule has 1 aliphatic heterocycles. The van der Waals surface area contributed by atoms with E-state index in [4.69, 9.17) is 11.0 Å². The summed E-state index contributed by atoms with van der Waals surface area (Å²) < 4.78 is 4.85. The Morgan fingerprint density at radius 3 is 2.83 bits per heavy atom. The van der Waals surface area contributed by atoms with Crippen molar-refractivity contribution >= 4 is 11.8 Å². The van der Waals surface area contributed by atoms with Crippen LogP contribution in [0, 0.1) is 6.26 Å². The molecular formula is C4H6OS. The summed E-state index contributed by atoms with van der Waals surface area (Å²) in [5, 5.41) is 0. The molecule has 0 aromatic rings. The highest BCUT2D eigenvalue weighted by Gasteiger charge is 2.20. The molecule has 1 fully saturated rings. The van der Waals surface area contributed by atoms with Gasteiger partial charge in [-0.2, -0.15) is 11.8 Å². The van der Waals surface area contributed by atoms with Crippen LogP contribution in [0.2, 0.25) is 0 Å². The Hall–Kier alpha value is 0.310. The van der Waals surface area contributed by atoms with E-state index in [1.54, 1.807) is 0 Å². The standard InChI is InChI=1S/C4H6OS/c1-6-3-4-2-5-4/h1,4H,2-3H2. The molecule has 1 atom stereocenters. The lowest BCUT2D eigenvalue weighted by molar-refractivity contribution is 0.426. The quantitative estimate of drug-likeness (QED) is 0.478. The SMILES string of the molecule is [CH]SCC1CO1. The van der Waals surface area contributed by atoms with Gasteiger partial charge in [-0.1, -0.05) is 0 Å². The van der Waals surface area contributed by atoms with Crippen molar-refractivity contribution < 1.29 is 4.74 Å². The molecule has 34 valence electrons. The predicted molar refractivity (Wildman–Crippen MR) is 26.5 cm³/mol. The van der Waals surface area contributed by atoms with Crippen LogP contribution in [0.4, 0.5) is 0 Å². The summed E-state index contributed by atoms with van der Waals surface area (Å²) in [4.78, 5) is 0. The highest BCUT2D eigenvalue weighted by Crippen LogP contribution is 2.13. The molecule has 1 saturated heterocycles. The van der Waals surface area contributed by atoms with Crippen LogP contribution in [0.1, 0.15) is 0 Å². The molecule has 0 aromatic carbocycles. The maximum absolute atomic E-state index is 5.11. The molecule has 6 heavy (non-hydrogen) atoms. The number of rotatable bonds is 2. The van der Waals surface area contributed by atoms with Crippen LogP contribution in [-0.2, 0) is 4.74 Å². The Balaban J connectivity index is 1.88. The van der Waals surface area contributed by atoms with Crippen molar-refractivity contribution in [2.45, 2.75) is 6.10 Å². The van der Waals surface area contributed by atoms with E-state index in [9.17, 15) is 0 Å². The van der Waals surface area contributed by atoms with E-state index in [-0.39, 0.29) is 0 Å². The van der Waals surface area contributed by atoms with Gasteiger partial charge in [0.1, 0.15) is 0 Å². The molecule has 1 unspecified atom stereocenters. The monoisotopic (exact) mass is 102 g/mol. The molecule has 0 saturated carbocycles. The van der Waals surface area contributed by atoms with Gasteiger partial charge in [0.2, 0.25) is 0 Å². The van der Waals surface area contributed by atoms with Gasteiger partial charge in [0.05, 0.1) is 12.7 Å².